The Morgan fingerprint density at radius 2 is 1.69 bits per heavy atom. The van der Waals surface area contributed by atoms with Crippen LogP contribution in [0.25, 0.3) is 11.3 Å². The number of piperidine rings is 1. The topological polar surface area (TPSA) is 94.9 Å². The smallest absolute Gasteiger partial charge is 0.303 e. The molecule has 0 bridgehead atoms. The number of carboxylic acid groups (broad SMARTS) is 1. The summed E-state index contributed by atoms with van der Waals surface area (Å²) in [4.78, 5) is 32.0. The summed E-state index contributed by atoms with van der Waals surface area (Å²) >= 11 is 12.6. The fraction of sp³-hybridized carbons (Fsp3) is 0.448. The summed E-state index contributed by atoms with van der Waals surface area (Å²) in [7, 11) is 2.16. The number of likely N-dealkylation sites (tertiary alicyclic amines) is 2. The largest absolute Gasteiger partial charge is 0.481 e. The highest BCUT2D eigenvalue weighted by molar-refractivity contribution is 6.35. The summed E-state index contributed by atoms with van der Waals surface area (Å²) < 4.78 is 6.17. The zero-order chi connectivity index (χ0) is 27.8. The number of likely N-dealkylation sites (N-methyl/N-ethyl adjacent to an activating group) is 1. The molecule has 0 spiro atoms. The number of hydrogen-bond acceptors (Lipinski definition) is 8. The van der Waals surface area contributed by atoms with Gasteiger partial charge >= 0.3 is 5.97 Å². The molecule has 226 valence electrons. The molecule has 6 rings (SSSR count). The number of halogens is 4. The molecule has 0 amide bonds. The minimum atomic E-state index is -0.726. The Labute approximate surface area is 268 Å². The number of aliphatic carboxylic acids is 1. The molecule has 0 aliphatic carbocycles. The second kappa shape index (κ2) is 13.9. The van der Waals surface area contributed by atoms with E-state index in [0.29, 0.717) is 45.9 Å². The molecule has 1 N–H and O–H groups in total. The molecule has 13 heteroatoms. The van der Waals surface area contributed by atoms with Gasteiger partial charge in [-0.25, -0.2) is 15.0 Å². The maximum atomic E-state index is 11.1. The van der Waals surface area contributed by atoms with Crippen molar-refractivity contribution < 1.29 is 14.6 Å². The van der Waals surface area contributed by atoms with Gasteiger partial charge in [0.05, 0.1) is 18.1 Å². The maximum Gasteiger partial charge on any atom is 0.303 e. The summed E-state index contributed by atoms with van der Waals surface area (Å²) in [6.07, 6.45) is 5.37. The van der Waals surface area contributed by atoms with E-state index in [-0.39, 0.29) is 37.2 Å². The fourth-order valence-electron chi connectivity index (χ4n) is 6.12. The van der Waals surface area contributed by atoms with Gasteiger partial charge < -0.3 is 19.6 Å². The van der Waals surface area contributed by atoms with Crippen LogP contribution in [0.3, 0.4) is 0 Å². The summed E-state index contributed by atoms with van der Waals surface area (Å²) in [6, 6.07) is 9.90. The van der Waals surface area contributed by atoms with Crippen LogP contribution in [0.2, 0.25) is 10.0 Å². The van der Waals surface area contributed by atoms with Crippen LogP contribution in [0.15, 0.2) is 42.7 Å². The Morgan fingerprint density at radius 1 is 1.00 bits per heavy atom. The van der Waals surface area contributed by atoms with E-state index in [1.165, 1.54) is 0 Å². The van der Waals surface area contributed by atoms with E-state index in [9.17, 15) is 4.79 Å². The zero-order valence-electron chi connectivity index (χ0n) is 23.2. The van der Waals surface area contributed by atoms with E-state index in [1.54, 1.807) is 18.5 Å². The number of pyridine rings is 1. The van der Waals surface area contributed by atoms with E-state index in [4.69, 9.17) is 38.0 Å². The fourth-order valence-corrected chi connectivity index (χ4v) is 6.64. The van der Waals surface area contributed by atoms with Crippen LogP contribution in [0.5, 0.6) is 11.6 Å². The van der Waals surface area contributed by atoms with Crippen molar-refractivity contribution in [3.05, 3.63) is 58.3 Å². The first kappa shape index (κ1) is 32.5. The van der Waals surface area contributed by atoms with Crippen molar-refractivity contribution in [2.45, 2.75) is 31.8 Å². The summed E-state index contributed by atoms with van der Waals surface area (Å²) in [5.74, 6) is 1.86. The van der Waals surface area contributed by atoms with Crippen molar-refractivity contribution in [1.82, 2.24) is 24.8 Å². The Bertz CT molecular complexity index is 1370. The molecule has 3 aromatic rings. The van der Waals surface area contributed by atoms with Gasteiger partial charge in [0.1, 0.15) is 0 Å². The van der Waals surface area contributed by atoms with Crippen LogP contribution < -0.4 is 9.64 Å². The van der Waals surface area contributed by atoms with Crippen molar-refractivity contribution in [3.8, 4) is 22.9 Å². The lowest BCUT2D eigenvalue weighted by molar-refractivity contribution is -0.138. The first-order valence-corrected chi connectivity index (χ1v) is 14.4. The highest BCUT2D eigenvalue weighted by Crippen LogP contribution is 2.34. The number of ether oxygens (including phenoxy) is 1. The van der Waals surface area contributed by atoms with Gasteiger partial charge in [0, 0.05) is 66.2 Å². The summed E-state index contributed by atoms with van der Waals surface area (Å²) in [5.41, 5.74) is 2.53. The van der Waals surface area contributed by atoms with Gasteiger partial charge in [0.25, 0.3) is 0 Å². The number of hydrogen-bond donors (Lipinski definition) is 1. The third-order valence-corrected chi connectivity index (χ3v) is 8.65. The van der Waals surface area contributed by atoms with E-state index < -0.39 is 5.97 Å². The van der Waals surface area contributed by atoms with E-state index in [2.05, 4.69) is 31.7 Å². The molecule has 5 heterocycles. The molecule has 0 saturated carbocycles. The van der Waals surface area contributed by atoms with Gasteiger partial charge in [0.15, 0.2) is 5.75 Å². The third kappa shape index (κ3) is 7.56. The molecule has 9 nitrogen and oxygen atoms in total. The lowest BCUT2D eigenvalue weighted by Crippen LogP contribution is -2.52. The van der Waals surface area contributed by atoms with Crippen molar-refractivity contribution in [3.63, 3.8) is 0 Å². The quantitative estimate of drug-likeness (QED) is 0.317. The SMILES string of the molecule is CN1C[C@@H]2CN(c3ncc(Oc4cc(CN5CCC(CC(=O)O)CC5)cc(-c5cc(Cl)cc(Cl)c5)n4)cn3)C[C@@H]21.Cl.Cl. The molecule has 3 fully saturated rings. The van der Waals surface area contributed by atoms with Gasteiger partial charge in [-0.2, -0.15) is 0 Å². The van der Waals surface area contributed by atoms with Gasteiger partial charge in [-0.1, -0.05) is 23.2 Å². The van der Waals surface area contributed by atoms with Gasteiger partial charge in [0.2, 0.25) is 11.8 Å². The number of nitrogens with zero attached hydrogens (tertiary/aromatic N) is 6. The van der Waals surface area contributed by atoms with Gasteiger partial charge in [-0.3, -0.25) is 9.69 Å². The van der Waals surface area contributed by atoms with Crippen LogP contribution >= 0.6 is 48.0 Å². The van der Waals surface area contributed by atoms with Crippen molar-refractivity contribution in [2.75, 3.05) is 44.7 Å². The minimum Gasteiger partial charge on any atom is -0.481 e. The normalized spacial score (nSPS) is 20.7. The second-order valence-corrected chi connectivity index (χ2v) is 12.0. The maximum absolute atomic E-state index is 11.1. The lowest BCUT2D eigenvalue weighted by atomic mass is 9.93. The van der Waals surface area contributed by atoms with Crippen molar-refractivity contribution in [2.24, 2.45) is 11.8 Å². The first-order valence-electron chi connectivity index (χ1n) is 13.7. The molecule has 3 aliphatic heterocycles. The summed E-state index contributed by atoms with van der Waals surface area (Å²) in [5, 5.41) is 10.2. The second-order valence-electron chi connectivity index (χ2n) is 11.2. The predicted molar refractivity (Wildman–Crippen MR) is 169 cm³/mol. The van der Waals surface area contributed by atoms with Crippen molar-refractivity contribution >= 4 is 59.9 Å². The first-order chi connectivity index (χ1) is 19.3. The Balaban J connectivity index is 0.00000202. The molecular weight excluding hydrogens is 622 g/mol. The number of rotatable bonds is 8. The lowest BCUT2D eigenvalue weighted by Gasteiger charge is -2.40. The molecule has 42 heavy (non-hydrogen) atoms. The third-order valence-electron chi connectivity index (χ3n) is 8.21. The average Bonchev–Trinajstić information content (AvgIpc) is 3.26. The number of fused-ring (bicyclic) bond motifs is 1. The average molecular weight is 656 g/mol. The standard InChI is InChI=1S/C29H32Cl2N6O3.2ClH/c1-35-15-21-16-37(17-26(21)35)29-32-12-24(13-33-29)40-27-7-19(14-36-4-2-18(3-5-36)8-28(38)39)6-25(34-27)20-9-22(30)11-23(31)10-20;;/h6-7,9-13,18,21,26H,2-5,8,14-17H2,1H3,(H,38,39);2*1H/t21-,26+;;/m1../s1. The predicted octanol–water partition coefficient (Wildman–Crippen LogP) is 5.92. The number of carbonyl (C=O) groups is 1. The van der Waals surface area contributed by atoms with Gasteiger partial charge in [-0.15, -0.1) is 24.8 Å². The van der Waals surface area contributed by atoms with Crippen LogP contribution in [-0.2, 0) is 11.3 Å². The number of aromatic nitrogens is 3. The molecular formula is C29H34Cl4N6O3. The van der Waals surface area contributed by atoms with Crippen molar-refractivity contribution in [1.29, 1.82) is 0 Å². The molecule has 2 atom stereocenters. The van der Waals surface area contributed by atoms with Gasteiger partial charge in [-0.05, 0) is 68.7 Å². The van der Waals surface area contributed by atoms with E-state index >= 15 is 0 Å². The molecule has 0 radical (unpaired) electrons. The zero-order valence-corrected chi connectivity index (χ0v) is 26.3. The monoisotopic (exact) mass is 654 g/mol. The molecule has 0 unspecified atom stereocenters. The Hall–Kier alpha value is -2.40. The Kier molecular flexibility index (Phi) is 10.8. The number of carboxylic acids is 1. The van der Waals surface area contributed by atoms with Crippen LogP contribution in [0.4, 0.5) is 5.95 Å². The van der Waals surface area contributed by atoms with Crippen LogP contribution in [-0.4, -0.2) is 81.6 Å². The highest BCUT2D eigenvalue weighted by Gasteiger charge is 2.44. The molecule has 3 aliphatic rings. The van der Waals surface area contributed by atoms with E-state index in [1.807, 2.05) is 24.3 Å². The molecule has 1 aromatic carbocycles. The molecule has 2 aromatic heterocycles. The van der Waals surface area contributed by atoms with E-state index in [0.717, 1.165) is 62.6 Å². The van der Waals surface area contributed by atoms with Crippen LogP contribution in [0, 0.1) is 11.8 Å². The highest BCUT2D eigenvalue weighted by atomic mass is 35.5. The number of anilines is 1. The van der Waals surface area contributed by atoms with Crippen LogP contribution in [0.1, 0.15) is 24.8 Å². The Morgan fingerprint density at radius 3 is 2.31 bits per heavy atom. The molecule has 3 saturated heterocycles. The number of benzene rings is 1. The summed E-state index contributed by atoms with van der Waals surface area (Å²) in [6.45, 7) is 5.45. The minimum absolute atomic E-state index is 0.